The number of ether oxygens (including phenoxy) is 2. The van der Waals surface area contributed by atoms with E-state index in [0.29, 0.717) is 12.5 Å². The summed E-state index contributed by atoms with van der Waals surface area (Å²) in [5, 5.41) is 6.66. The number of likely N-dealkylation sites (N-methyl/N-ethyl adjacent to an activating group) is 1. The topological polar surface area (TPSA) is 78.4 Å². The average Bonchev–Trinajstić information content (AvgIpc) is 2.62. The van der Waals surface area contributed by atoms with E-state index in [9.17, 15) is 4.79 Å². The number of aliphatic imine (C=N–C) groups is 1. The van der Waals surface area contributed by atoms with Crippen LogP contribution in [0.25, 0.3) is 0 Å². The molecule has 0 spiro atoms. The molecule has 1 aliphatic rings. The molecule has 158 valence electrons. The quantitative estimate of drug-likeness (QED) is 0.340. The van der Waals surface area contributed by atoms with E-state index in [2.05, 4.69) is 41.3 Å². The van der Waals surface area contributed by atoms with E-state index in [-0.39, 0.29) is 24.0 Å². The molecule has 0 aromatic carbocycles. The molecular weight excluding hydrogens is 346 g/mol. The Morgan fingerprint density at radius 3 is 2.48 bits per heavy atom. The molecule has 1 heterocycles. The van der Waals surface area contributed by atoms with Crippen molar-refractivity contribution >= 4 is 11.9 Å². The molecule has 8 nitrogen and oxygen atoms in total. The zero-order valence-corrected chi connectivity index (χ0v) is 18.0. The Morgan fingerprint density at radius 2 is 1.93 bits per heavy atom. The molecular formula is C19H39N5O3. The molecule has 1 unspecified atom stereocenters. The Balaban J connectivity index is 2.50. The number of hydrogen-bond donors (Lipinski definition) is 2. The van der Waals surface area contributed by atoms with Crippen LogP contribution in [0.4, 0.5) is 0 Å². The van der Waals surface area contributed by atoms with Gasteiger partial charge < -0.3 is 25.0 Å². The van der Waals surface area contributed by atoms with Crippen molar-refractivity contribution in [3.05, 3.63) is 0 Å². The molecule has 1 aliphatic heterocycles. The fraction of sp³-hybridized carbons (Fsp3) is 0.895. The molecule has 1 fully saturated rings. The van der Waals surface area contributed by atoms with Crippen LogP contribution in [0.2, 0.25) is 0 Å². The lowest BCUT2D eigenvalue weighted by Gasteiger charge is -2.30. The van der Waals surface area contributed by atoms with Gasteiger partial charge in [-0.15, -0.1) is 0 Å². The molecule has 8 heteroatoms. The van der Waals surface area contributed by atoms with E-state index in [0.717, 1.165) is 45.8 Å². The van der Waals surface area contributed by atoms with Gasteiger partial charge in [-0.2, -0.15) is 0 Å². The highest BCUT2D eigenvalue weighted by molar-refractivity contribution is 5.84. The summed E-state index contributed by atoms with van der Waals surface area (Å²) in [4.78, 5) is 20.2. The van der Waals surface area contributed by atoms with Crippen molar-refractivity contribution in [2.24, 2.45) is 10.4 Å². The molecule has 0 aromatic heterocycles. The van der Waals surface area contributed by atoms with E-state index in [1.165, 1.54) is 0 Å². The monoisotopic (exact) mass is 385 g/mol. The van der Waals surface area contributed by atoms with E-state index in [4.69, 9.17) is 9.47 Å². The van der Waals surface area contributed by atoms with Crippen LogP contribution in [-0.2, 0) is 14.3 Å². The smallest absolute Gasteiger partial charge is 0.243 e. The fourth-order valence-electron chi connectivity index (χ4n) is 2.73. The van der Waals surface area contributed by atoms with Crippen molar-refractivity contribution in [2.75, 3.05) is 73.7 Å². The van der Waals surface area contributed by atoms with Crippen molar-refractivity contribution < 1.29 is 14.3 Å². The van der Waals surface area contributed by atoms with Gasteiger partial charge in [-0.1, -0.05) is 20.8 Å². The second-order valence-corrected chi connectivity index (χ2v) is 8.16. The number of carbonyl (C=O) groups is 1. The largest absolute Gasteiger partial charge is 0.379 e. The highest BCUT2D eigenvalue weighted by Gasteiger charge is 2.24. The minimum Gasteiger partial charge on any atom is -0.379 e. The number of nitrogens with zero attached hydrogens (tertiary/aromatic N) is 3. The minimum atomic E-state index is -0.0245. The van der Waals surface area contributed by atoms with Crippen LogP contribution >= 0.6 is 0 Å². The lowest BCUT2D eigenvalue weighted by molar-refractivity contribution is -0.127. The van der Waals surface area contributed by atoms with Gasteiger partial charge in [0.1, 0.15) is 6.54 Å². The number of amides is 1. The van der Waals surface area contributed by atoms with Gasteiger partial charge in [-0.25, -0.2) is 4.99 Å². The summed E-state index contributed by atoms with van der Waals surface area (Å²) in [5.74, 6) is 0.627. The van der Waals surface area contributed by atoms with Crippen LogP contribution in [0.15, 0.2) is 4.99 Å². The molecule has 1 amide bonds. The Bertz CT molecular complexity index is 457. The molecule has 0 aliphatic carbocycles. The zero-order valence-electron chi connectivity index (χ0n) is 18.0. The molecule has 1 rings (SSSR count). The highest BCUT2D eigenvalue weighted by Crippen LogP contribution is 2.20. The third kappa shape index (κ3) is 9.93. The second-order valence-electron chi connectivity index (χ2n) is 8.16. The molecule has 1 atom stereocenters. The van der Waals surface area contributed by atoms with Gasteiger partial charge in [0.25, 0.3) is 0 Å². The van der Waals surface area contributed by atoms with Crippen LogP contribution in [0.5, 0.6) is 0 Å². The lowest BCUT2D eigenvalue weighted by atomic mass is 9.89. The molecule has 27 heavy (non-hydrogen) atoms. The molecule has 0 aromatic rings. The number of rotatable bonds is 9. The number of morpholine rings is 1. The molecule has 0 bridgehead atoms. The predicted octanol–water partition coefficient (Wildman–Crippen LogP) is 0.393. The Hall–Kier alpha value is -1.38. The first-order valence-electron chi connectivity index (χ1n) is 9.79. The normalized spacial score (nSPS) is 17.5. The first-order valence-corrected chi connectivity index (χ1v) is 9.79. The van der Waals surface area contributed by atoms with Crippen LogP contribution in [0, 0.1) is 5.41 Å². The maximum Gasteiger partial charge on any atom is 0.243 e. The van der Waals surface area contributed by atoms with Crippen molar-refractivity contribution in [2.45, 2.75) is 33.3 Å². The summed E-state index contributed by atoms with van der Waals surface area (Å²) in [6, 6.07) is 0. The van der Waals surface area contributed by atoms with Gasteiger partial charge in [-0.3, -0.25) is 9.69 Å². The maximum atomic E-state index is 11.9. The summed E-state index contributed by atoms with van der Waals surface area (Å²) in [6.07, 6.45) is 1.05. The Labute approximate surface area is 164 Å². The molecule has 2 N–H and O–H groups in total. The number of nitrogens with one attached hydrogen (secondary N) is 2. The number of hydrogen-bond acceptors (Lipinski definition) is 5. The third-order valence-electron chi connectivity index (χ3n) is 4.62. The van der Waals surface area contributed by atoms with Gasteiger partial charge in [0.15, 0.2) is 5.96 Å². The molecule has 0 radical (unpaired) electrons. The van der Waals surface area contributed by atoms with E-state index < -0.39 is 0 Å². The van der Waals surface area contributed by atoms with Crippen molar-refractivity contribution in [1.82, 2.24) is 20.4 Å². The lowest BCUT2D eigenvalue weighted by Crippen LogP contribution is -2.46. The van der Waals surface area contributed by atoms with E-state index in [1.54, 1.807) is 26.1 Å². The Morgan fingerprint density at radius 1 is 1.26 bits per heavy atom. The summed E-state index contributed by atoms with van der Waals surface area (Å²) >= 11 is 0. The Kier molecular flexibility index (Phi) is 10.6. The standard InChI is InChI=1S/C19H39N5O3/c1-19(2,3)16(26-6)14-21-18(22-15-17(25)23(4)5)20-8-7-9-24-10-12-27-13-11-24/h16H,7-15H2,1-6H3,(H2,20,21,22). The van der Waals surface area contributed by atoms with Crippen LogP contribution < -0.4 is 10.6 Å². The number of carbonyl (C=O) groups excluding carboxylic acids is 1. The van der Waals surface area contributed by atoms with E-state index >= 15 is 0 Å². The summed E-state index contributed by atoms with van der Waals surface area (Å²) < 4.78 is 11.0. The van der Waals surface area contributed by atoms with Gasteiger partial charge in [0.2, 0.25) is 5.91 Å². The van der Waals surface area contributed by atoms with Crippen molar-refractivity contribution in [3.8, 4) is 0 Å². The first kappa shape index (κ1) is 23.7. The highest BCUT2D eigenvalue weighted by atomic mass is 16.5. The zero-order chi connectivity index (χ0) is 20.3. The second kappa shape index (κ2) is 12.2. The summed E-state index contributed by atoms with van der Waals surface area (Å²) in [7, 11) is 5.20. The van der Waals surface area contributed by atoms with E-state index in [1.807, 2.05) is 0 Å². The van der Waals surface area contributed by atoms with Gasteiger partial charge in [0.05, 0.1) is 19.3 Å². The fourth-order valence-corrected chi connectivity index (χ4v) is 2.73. The van der Waals surface area contributed by atoms with Crippen molar-refractivity contribution in [1.29, 1.82) is 0 Å². The van der Waals surface area contributed by atoms with Crippen molar-refractivity contribution in [3.63, 3.8) is 0 Å². The summed E-state index contributed by atoms with van der Waals surface area (Å²) in [6.45, 7) is 12.6. The SMILES string of the molecule is COC(CNC(=NCC(=O)N(C)C)NCCCN1CCOCC1)C(C)(C)C. The van der Waals surface area contributed by atoms with Crippen LogP contribution in [0.3, 0.4) is 0 Å². The average molecular weight is 386 g/mol. The van der Waals surface area contributed by atoms with Crippen LogP contribution in [-0.4, -0.2) is 101 Å². The van der Waals surface area contributed by atoms with Gasteiger partial charge in [-0.05, 0) is 18.4 Å². The van der Waals surface area contributed by atoms with Gasteiger partial charge >= 0.3 is 0 Å². The summed E-state index contributed by atoms with van der Waals surface area (Å²) in [5.41, 5.74) is 0.0165. The van der Waals surface area contributed by atoms with Gasteiger partial charge in [0, 0.05) is 47.4 Å². The molecule has 0 saturated carbocycles. The number of guanidine groups is 1. The minimum absolute atomic E-state index is 0.0165. The maximum absolute atomic E-state index is 11.9. The van der Waals surface area contributed by atoms with Crippen LogP contribution in [0.1, 0.15) is 27.2 Å². The molecule has 1 saturated heterocycles. The first-order chi connectivity index (χ1) is 12.7. The third-order valence-corrected chi connectivity index (χ3v) is 4.62. The number of methoxy groups -OCH3 is 1. The predicted molar refractivity (Wildman–Crippen MR) is 109 cm³/mol.